The lowest BCUT2D eigenvalue weighted by Gasteiger charge is -2.21. The van der Waals surface area contributed by atoms with Gasteiger partial charge in [-0.25, -0.2) is 9.18 Å². The summed E-state index contributed by atoms with van der Waals surface area (Å²) in [5.74, 6) is -0.543. The molecule has 5 nitrogen and oxygen atoms in total. The molecule has 0 saturated carbocycles. The maximum absolute atomic E-state index is 12.8. The van der Waals surface area contributed by atoms with Gasteiger partial charge in [-0.3, -0.25) is 9.69 Å². The van der Waals surface area contributed by atoms with Gasteiger partial charge in [-0.05, 0) is 24.3 Å². The number of ether oxygens (including phenoxy) is 1. The Morgan fingerprint density at radius 1 is 1.50 bits per heavy atom. The van der Waals surface area contributed by atoms with Crippen molar-refractivity contribution in [1.29, 1.82) is 0 Å². The molecule has 1 N–H and O–H groups in total. The second-order valence-corrected chi connectivity index (χ2v) is 4.01. The summed E-state index contributed by atoms with van der Waals surface area (Å²) in [6.07, 6.45) is -0.489. The van der Waals surface area contributed by atoms with Crippen LogP contribution in [0.5, 0.6) is 0 Å². The van der Waals surface area contributed by atoms with Gasteiger partial charge in [0.05, 0.1) is 6.04 Å². The minimum absolute atomic E-state index is 0.173. The molecule has 2 rings (SSSR count). The lowest BCUT2D eigenvalue weighted by atomic mass is 10.2. The number of carbonyl (C=O) groups is 2. The molecule has 0 unspecified atom stereocenters. The quantitative estimate of drug-likeness (QED) is 0.881. The van der Waals surface area contributed by atoms with Crippen LogP contribution in [-0.2, 0) is 9.53 Å². The molecule has 1 aromatic rings. The van der Waals surface area contributed by atoms with Gasteiger partial charge in [-0.1, -0.05) is 0 Å². The molecule has 1 heterocycles. The normalized spacial score (nSPS) is 18.7. The third kappa shape index (κ3) is 2.58. The van der Waals surface area contributed by atoms with E-state index in [4.69, 9.17) is 4.74 Å². The minimum Gasteiger partial charge on any atom is -0.447 e. The van der Waals surface area contributed by atoms with Gasteiger partial charge in [0, 0.05) is 19.2 Å². The summed E-state index contributed by atoms with van der Waals surface area (Å²) in [7, 11) is 0. The number of hydrogen-bond acceptors (Lipinski definition) is 3. The standard InChI is InChI=1S/C12H13FN2O3/c1-8(16)14-6-11-7-18-12(17)15(11)10-4-2-9(13)3-5-10/h2-5,11H,6-7H2,1H3,(H,14,16)/t11-/m0/s1. The van der Waals surface area contributed by atoms with Crippen LogP contribution in [0.25, 0.3) is 0 Å². The topological polar surface area (TPSA) is 58.6 Å². The predicted octanol–water partition coefficient (Wildman–Crippen LogP) is 1.29. The van der Waals surface area contributed by atoms with Gasteiger partial charge in [-0.15, -0.1) is 0 Å². The van der Waals surface area contributed by atoms with Crippen LogP contribution >= 0.6 is 0 Å². The molecule has 1 fully saturated rings. The fourth-order valence-corrected chi connectivity index (χ4v) is 1.79. The van der Waals surface area contributed by atoms with E-state index in [9.17, 15) is 14.0 Å². The molecule has 18 heavy (non-hydrogen) atoms. The molecule has 2 amide bonds. The van der Waals surface area contributed by atoms with E-state index in [1.807, 2.05) is 0 Å². The Hall–Kier alpha value is -2.11. The van der Waals surface area contributed by atoms with Gasteiger partial charge in [0.15, 0.2) is 0 Å². The van der Waals surface area contributed by atoms with Crippen LogP contribution in [0.1, 0.15) is 6.92 Å². The van der Waals surface area contributed by atoms with E-state index in [2.05, 4.69) is 5.32 Å². The molecule has 1 aromatic carbocycles. The van der Waals surface area contributed by atoms with Crippen molar-refractivity contribution >= 4 is 17.7 Å². The van der Waals surface area contributed by atoms with E-state index in [1.165, 1.54) is 36.1 Å². The number of rotatable bonds is 3. The monoisotopic (exact) mass is 252 g/mol. The van der Waals surface area contributed by atoms with Gasteiger partial charge >= 0.3 is 6.09 Å². The zero-order valence-electron chi connectivity index (χ0n) is 9.85. The van der Waals surface area contributed by atoms with E-state index in [0.29, 0.717) is 12.2 Å². The number of anilines is 1. The number of nitrogens with one attached hydrogen (secondary N) is 1. The summed E-state index contributed by atoms with van der Waals surface area (Å²) in [6.45, 7) is 1.91. The van der Waals surface area contributed by atoms with Crippen LogP contribution in [-0.4, -0.2) is 31.2 Å². The van der Waals surface area contributed by atoms with Crippen LogP contribution in [0, 0.1) is 5.82 Å². The summed E-state index contributed by atoms with van der Waals surface area (Å²) in [5.41, 5.74) is 0.550. The Bertz CT molecular complexity index is 461. The highest BCUT2D eigenvalue weighted by atomic mass is 19.1. The molecular formula is C12H13FN2O3. The molecule has 96 valence electrons. The smallest absolute Gasteiger partial charge is 0.414 e. The van der Waals surface area contributed by atoms with Gasteiger partial charge in [0.1, 0.15) is 12.4 Å². The number of hydrogen-bond donors (Lipinski definition) is 1. The molecule has 6 heteroatoms. The summed E-state index contributed by atoms with van der Waals surface area (Å²) >= 11 is 0. The van der Waals surface area contributed by atoms with Crippen LogP contribution in [0.15, 0.2) is 24.3 Å². The van der Waals surface area contributed by atoms with E-state index in [0.717, 1.165) is 0 Å². The van der Waals surface area contributed by atoms with Gasteiger partial charge in [0.2, 0.25) is 5.91 Å². The minimum atomic E-state index is -0.489. The highest BCUT2D eigenvalue weighted by Gasteiger charge is 2.34. The Morgan fingerprint density at radius 2 is 2.17 bits per heavy atom. The number of amides is 2. The van der Waals surface area contributed by atoms with Gasteiger partial charge in [-0.2, -0.15) is 0 Å². The van der Waals surface area contributed by atoms with E-state index < -0.39 is 6.09 Å². The van der Waals surface area contributed by atoms with Gasteiger partial charge in [0.25, 0.3) is 0 Å². The zero-order valence-corrected chi connectivity index (χ0v) is 9.85. The fraction of sp³-hybridized carbons (Fsp3) is 0.333. The van der Waals surface area contributed by atoms with Crippen LogP contribution in [0.4, 0.5) is 14.9 Å². The Labute approximate surface area is 104 Å². The summed E-state index contributed by atoms with van der Waals surface area (Å²) < 4.78 is 17.8. The summed E-state index contributed by atoms with van der Waals surface area (Å²) in [5, 5.41) is 2.63. The molecule has 1 aliphatic rings. The molecule has 1 aliphatic heterocycles. The summed E-state index contributed by atoms with van der Waals surface area (Å²) in [6, 6.07) is 5.28. The number of halogens is 1. The second-order valence-electron chi connectivity index (χ2n) is 4.01. The first-order valence-electron chi connectivity index (χ1n) is 5.54. The van der Waals surface area contributed by atoms with Crippen LogP contribution < -0.4 is 10.2 Å². The van der Waals surface area contributed by atoms with E-state index in [-0.39, 0.29) is 24.4 Å². The number of carbonyl (C=O) groups excluding carboxylic acids is 2. The third-order valence-corrected chi connectivity index (χ3v) is 2.65. The molecular weight excluding hydrogens is 239 g/mol. The third-order valence-electron chi connectivity index (χ3n) is 2.65. The van der Waals surface area contributed by atoms with E-state index in [1.54, 1.807) is 0 Å². The molecule has 0 aliphatic carbocycles. The molecule has 1 saturated heterocycles. The molecule has 1 atom stereocenters. The van der Waals surface area contributed by atoms with Crippen LogP contribution in [0.2, 0.25) is 0 Å². The van der Waals surface area contributed by atoms with Crippen molar-refractivity contribution in [2.75, 3.05) is 18.1 Å². The average Bonchev–Trinajstić information content (AvgIpc) is 2.69. The van der Waals surface area contributed by atoms with Crippen molar-refractivity contribution in [2.24, 2.45) is 0 Å². The van der Waals surface area contributed by atoms with Crippen molar-refractivity contribution < 1.29 is 18.7 Å². The van der Waals surface area contributed by atoms with Crippen LogP contribution in [0.3, 0.4) is 0 Å². The SMILES string of the molecule is CC(=O)NC[C@H]1COC(=O)N1c1ccc(F)cc1. The predicted molar refractivity (Wildman–Crippen MR) is 62.7 cm³/mol. The molecule has 0 aromatic heterocycles. The average molecular weight is 252 g/mol. The molecule has 0 radical (unpaired) electrons. The first kappa shape index (κ1) is 12.3. The Kier molecular flexibility index (Phi) is 3.45. The first-order valence-corrected chi connectivity index (χ1v) is 5.54. The first-order chi connectivity index (χ1) is 8.58. The van der Waals surface area contributed by atoms with Crippen molar-refractivity contribution in [3.05, 3.63) is 30.1 Å². The van der Waals surface area contributed by atoms with Crippen molar-refractivity contribution in [3.63, 3.8) is 0 Å². The van der Waals surface area contributed by atoms with Crippen molar-refractivity contribution in [2.45, 2.75) is 13.0 Å². The largest absolute Gasteiger partial charge is 0.447 e. The van der Waals surface area contributed by atoms with E-state index >= 15 is 0 Å². The highest BCUT2D eigenvalue weighted by Crippen LogP contribution is 2.22. The molecule has 0 bridgehead atoms. The number of benzene rings is 1. The second kappa shape index (κ2) is 5.03. The Morgan fingerprint density at radius 3 is 2.78 bits per heavy atom. The lowest BCUT2D eigenvalue weighted by Crippen LogP contribution is -2.42. The van der Waals surface area contributed by atoms with Crippen molar-refractivity contribution in [3.8, 4) is 0 Å². The van der Waals surface area contributed by atoms with Gasteiger partial charge < -0.3 is 10.1 Å². The maximum Gasteiger partial charge on any atom is 0.414 e. The Balaban J connectivity index is 2.14. The lowest BCUT2D eigenvalue weighted by molar-refractivity contribution is -0.119. The highest BCUT2D eigenvalue weighted by molar-refractivity contribution is 5.90. The fourth-order valence-electron chi connectivity index (χ4n) is 1.79. The number of nitrogens with zero attached hydrogens (tertiary/aromatic N) is 1. The zero-order chi connectivity index (χ0) is 13.1. The summed E-state index contributed by atoms with van der Waals surface area (Å²) in [4.78, 5) is 23.9. The van der Waals surface area contributed by atoms with Crippen molar-refractivity contribution in [1.82, 2.24) is 5.32 Å². The maximum atomic E-state index is 12.8. The molecule has 0 spiro atoms. The number of cyclic esters (lactones) is 1.